The molecule has 2 aromatic rings. The molecule has 2 aromatic carbocycles. The van der Waals surface area contributed by atoms with Crippen LogP contribution in [0.15, 0.2) is 36.4 Å². The maximum Gasteiger partial charge on any atom is 0.338 e. The molecule has 1 N–H and O–H groups in total. The van der Waals surface area contributed by atoms with Crippen LogP contribution in [-0.4, -0.2) is 43.6 Å². The Kier molecular flexibility index (Phi) is 6.85. The average Bonchev–Trinajstić information content (AvgIpc) is 2.72. The van der Waals surface area contributed by atoms with Crippen LogP contribution in [0, 0.1) is 17.0 Å². The van der Waals surface area contributed by atoms with Crippen molar-refractivity contribution >= 4 is 29.2 Å². The van der Waals surface area contributed by atoms with Crippen molar-refractivity contribution in [3.63, 3.8) is 0 Å². The van der Waals surface area contributed by atoms with E-state index >= 15 is 0 Å². The van der Waals surface area contributed by atoms with Crippen LogP contribution >= 0.6 is 0 Å². The van der Waals surface area contributed by atoms with Crippen LogP contribution < -0.4 is 10.1 Å². The molecule has 0 atom stereocenters. The zero-order valence-electron chi connectivity index (χ0n) is 15.9. The fourth-order valence-corrected chi connectivity index (χ4v) is 2.36. The second-order valence-corrected chi connectivity index (χ2v) is 5.79. The van der Waals surface area contributed by atoms with Crippen LogP contribution in [0.4, 0.5) is 11.4 Å². The van der Waals surface area contributed by atoms with Crippen molar-refractivity contribution in [1.82, 2.24) is 0 Å². The third-order valence-electron chi connectivity index (χ3n) is 3.88. The number of rotatable bonds is 7. The van der Waals surface area contributed by atoms with Gasteiger partial charge in [0.05, 0.1) is 30.3 Å². The zero-order chi connectivity index (χ0) is 21.6. The first-order chi connectivity index (χ1) is 13.8. The summed E-state index contributed by atoms with van der Waals surface area (Å²) in [6.07, 6.45) is 0. The van der Waals surface area contributed by atoms with Crippen LogP contribution in [0.2, 0.25) is 0 Å². The molecule has 0 radical (unpaired) electrons. The number of ether oxygens (including phenoxy) is 3. The number of aryl methyl sites for hydroxylation is 1. The van der Waals surface area contributed by atoms with E-state index in [9.17, 15) is 24.5 Å². The number of hydrogen-bond acceptors (Lipinski definition) is 8. The first kappa shape index (κ1) is 21.4. The van der Waals surface area contributed by atoms with Crippen molar-refractivity contribution in [1.29, 1.82) is 0 Å². The summed E-state index contributed by atoms with van der Waals surface area (Å²) >= 11 is 0. The summed E-state index contributed by atoms with van der Waals surface area (Å²) in [6, 6.07) is 8.17. The molecule has 0 fully saturated rings. The number of nitro groups is 1. The number of benzene rings is 2. The summed E-state index contributed by atoms with van der Waals surface area (Å²) < 4.78 is 14.4. The molecule has 0 aliphatic heterocycles. The van der Waals surface area contributed by atoms with Crippen LogP contribution in [-0.2, 0) is 14.3 Å². The summed E-state index contributed by atoms with van der Waals surface area (Å²) in [7, 11) is 2.51. The second-order valence-electron chi connectivity index (χ2n) is 5.79. The lowest BCUT2D eigenvalue weighted by atomic mass is 10.1. The molecule has 2 rings (SSSR count). The van der Waals surface area contributed by atoms with E-state index in [-0.39, 0.29) is 16.9 Å². The van der Waals surface area contributed by atoms with Crippen LogP contribution in [0.1, 0.15) is 26.3 Å². The van der Waals surface area contributed by atoms with E-state index in [0.29, 0.717) is 11.3 Å². The minimum Gasteiger partial charge on any atom is -0.490 e. The number of nitro benzene ring substituents is 1. The second kappa shape index (κ2) is 9.31. The predicted octanol–water partition coefficient (Wildman–Crippen LogP) is 2.49. The van der Waals surface area contributed by atoms with Gasteiger partial charge in [0.2, 0.25) is 0 Å². The fourth-order valence-electron chi connectivity index (χ4n) is 2.36. The standard InChI is InChI=1S/C19H18N2O8/c1-11-4-5-12(18(23)28-3)8-14(11)20-17(22)10-29-19(24)13-6-7-16(27-2)15(9-13)21(25)26/h4-9H,10H2,1-3H3,(H,20,22). The number of nitrogens with one attached hydrogen (secondary N) is 1. The van der Waals surface area contributed by atoms with E-state index in [2.05, 4.69) is 10.1 Å². The lowest BCUT2D eigenvalue weighted by Crippen LogP contribution is -2.21. The third-order valence-corrected chi connectivity index (χ3v) is 3.88. The lowest BCUT2D eigenvalue weighted by molar-refractivity contribution is -0.385. The van der Waals surface area contributed by atoms with Gasteiger partial charge < -0.3 is 19.5 Å². The first-order valence-electron chi connectivity index (χ1n) is 8.25. The summed E-state index contributed by atoms with van der Waals surface area (Å²) in [5, 5.41) is 13.6. The van der Waals surface area contributed by atoms with Crippen LogP contribution in [0.25, 0.3) is 0 Å². The molecular formula is C19H18N2O8. The van der Waals surface area contributed by atoms with Gasteiger partial charge in [0.25, 0.3) is 5.91 Å². The number of anilines is 1. The molecule has 0 bridgehead atoms. The Balaban J connectivity index is 2.04. The Morgan fingerprint density at radius 1 is 1.03 bits per heavy atom. The molecule has 0 aromatic heterocycles. The van der Waals surface area contributed by atoms with Crippen molar-refractivity contribution in [2.45, 2.75) is 6.92 Å². The van der Waals surface area contributed by atoms with Crippen LogP contribution in [0.3, 0.4) is 0 Å². The van der Waals surface area contributed by atoms with E-state index < -0.39 is 35.1 Å². The fraction of sp³-hybridized carbons (Fsp3) is 0.211. The Hall–Kier alpha value is -3.95. The number of amides is 1. The summed E-state index contributed by atoms with van der Waals surface area (Å²) in [5.41, 5.74) is 0.781. The van der Waals surface area contributed by atoms with Gasteiger partial charge in [-0.1, -0.05) is 6.07 Å². The van der Waals surface area contributed by atoms with E-state index in [0.717, 1.165) is 6.07 Å². The zero-order valence-corrected chi connectivity index (χ0v) is 15.9. The normalized spacial score (nSPS) is 10.0. The Morgan fingerprint density at radius 2 is 1.69 bits per heavy atom. The molecule has 0 aliphatic rings. The van der Waals surface area contributed by atoms with Gasteiger partial charge in [-0.15, -0.1) is 0 Å². The average molecular weight is 402 g/mol. The van der Waals surface area contributed by atoms with Crippen molar-refractivity contribution in [3.05, 3.63) is 63.2 Å². The number of hydrogen-bond donors (Lipinski definition) is 1. The molecule has 10 nitrogen and oxygen atoms in total. The quantitative estimate of drug-likeness (QED) is 0.424. The van der Waals surface area contributed by atoms with Crippen molar-refractivity contribution in [2.75, 3.05) is 26.1 Å². The van der Waals surface area contributed by atoms with Gasteiger partial charge in [-0.05, 0) is 36.8 Å². The maximum absolute atomic E-state index is 12.1. The Bertz CT molecular complexity index is 971. The van der Waals surface area contributed by atoms with Crippen molar-refractivity contribution in [2.24, 2.45) is 0 Å². The van der Waals surface area contributed by atoms with E-state index in [1.807, 2.05) is 0 Å². The first-order valence-corrected chi connectivity index (χ1v) is 8.25. The highest BCUT2D eigenvalue weighted by atomic mass is 16.6. The number of methoxy groups -OCH3 is 2. The molecule has 0 spiro atoms. The smallest absolute Gasteiger partial charge is 0.338 e. The Labute approximate surface area is 165 Å². The van der Waals surface area contributed by atoms with E-state index in [4.69, 9.17) is 9.47 Å². The van der Waals surface area contributed by atoms with Crippen molar-refractivity contribution in [3.8, 4) is 5.75 Å². The van der Waals surface area contributed by atoms with Gasteiger partial charge >= 0.3 is 17.6 Å². The van der Waals surface area contributed by atoms with Gasteiger partial charge in [0.1, 0.15) is 0 Å². The van der Waals surface area contributed by atoms with Gasteiger partial charge in [-0.2, -0.15) is 0 Å². The molecule has 0 aliphatic carbocycles. The highest BCUT2D eigenvalue weighted by molar-refractivity contribution is 5.97. The molecule has 0 saturated carbocycles. The molecule has 0 unspecified atom stereocenters. The molecule has 1 amide bonds. The SMILES string of the molecule is COC(=O)c1ccc(C)c(NC(=O)COC(=O)c2ccc(OC)c([N+](=O)[O-])c2)c1. The number of nitrogens with zero attached hydrogens (tertiary/aromatic N) is 1. The van der Waals surface area contributed by atoms with Crippen LogP contribution in [0.5, 0.6) is 5.75 Å². The number of carbonyl (C=O) groups excluding carboxylic acids is 3. The predicted molar refractivity (Wildman–Crippen MR) is 101 cm³/mol. The number of carbonyl (C=O) groups is 3. The molecule has 10 heteroatoms. The van der Waals surface area contributed by atoms with E-state index in [1.165, 1.54) is 32.4 Å². The monoisotopic (exact) mass is 402 g/mol. The summed E-state index contributed by atoms with van der Waals surface area (Å²) in [4.78, 5) is 46.1. The maximum atomic E-state index is 12.1. The minimum absolute atomic E-state index is 0.00902. The van der Waals surface area contributed by atoms with E-state index in [1.54, 1.807) is 19.1 Å². The molecule has 0 saturated heterocycles. The molecule has 0 heterocycles. The van der Waals surface area contributed by atoms with Gasteiger partial charge in [0.15, 0.2) is 12.4 Å². The third kappa shape index (κ3) is 5.28. The van der Waals surface area contributed by atoms with Gasteiger partial charge in [-0.25, -0.2) is 9.59 Å². The summed E-state index contributed by atoms with van der Waals surface area (Å²) in [5.74, 6) is -2.13. The highest BCUT2D eigenvalue weighted by Crippen LogP contribution is 2.27. The summed E-state index contributed by atoms with van der Waals surface area (Å²) in [6.45, 7) is 1.10. The topological polar surface area (TPSA) is 134 Å². The molecular weight excluding hydrogens is 384 g/mol. The van der Waals surface area contributed by atoms with Crippen molar-refractivity contribution < 1.29 is 33.5 Å². The van der Waals surface area contributed by atoms with Gasteiger partial charge in [-0.3, -0.25) is 14.9 Å². The number of esters is 2. The lowest BCUT2D eigenvalue weighted by Gasteiger charge is -2.10. The highest BCUT2D eigenvalue weighted by Gasteiger charge is 2.20. The largest absolute Gasteiger partial charge is 0.490 e. The molecule has 152 valence electrons. The van der Waals surface area contributed by atoms with Gasteiger partial charge in [0, 0.05) is 11.8 Å². The Morgan fingerprint density at radius 3 is 2.31 bits per heavy atom. The molecule has 29 heavy (non-hydrogen) atoms. The minimum atomic E-state index is -0.911.